The lowest BCUT2D eigenvalue weighted by Crippen LogP contribution is -2.29. The first-order valence-electron chi connectivity index (χ1n) is 6.25. The van der Waals surface area contributed by atoms with E-state index in [2.05, 4.69) is 26.2 Å². The van der Waals surface area contributed by atoms with Gasteiger partial charge in [-0.2, -0.15) is 13.2 Å². The second-order valence-corrected chi connectivity index (χ2v) is 5.46. The number of benzene rings is 1. The van der Waals surface area contributed by atoms with Crippen LogP contribution in [0.15, 0.2) is 41.0 Å². The number of amides is 1. The number of aliphatic hydroxyl groups is 1. The van der Waals surface area contributed by atoms with Crippen LogP contribution in [0.1, 0.15) is 27.7 Å². The van der Waals surface area contributed by atoms with Gasteiger partial charge in [0.15, 0.2) is 0 Å². The molecule has 1 aromatic heterocycles. The van der Waals surface area contributed by atoms with Crippen molar-refractivity contribution < 1.29 is 23.1 Å². The molecule has 1 unspecified atom stereocenters. The molecule has 0 aliphatic carbocycles. The normalized spacial score (nSPS) is 13.0. The summed E-state index contributed by atoms with van der Waals surface area (Å²) in [5, 5.41) is 12.3. The fourth-order valence-electron chi connectivity index (χ4n) is 1.94. The first-order chi connectivity index (χ1) is 10.3. The zero-order valence-corrected chi connectivity index (χ0v) is 12.7. The number of carbonyl (C=O) groups is 1. The summed E-state index contributed by atoms with van der Waals surface area (Å²) in [6.45, 7) is -0.331. The highest BCUT2D eigenvalue weighted by molar-refractivity contribution is 9.10. The van der Waals surface area contributed by atoms with Gasteiger partial charge in [0, 0.05) is 17.2 Å². The summed E-state index contributed by atoms with van der Waals surface area (Å²) in [5.74, 6) is -0.519. The number of aromatic nitrogens is 1. The van der Waals surface area contributed by atoms with E-state index >= 15 is 0 Å². The average Bonchev–Trinajstić information content (AvgIpc) is 2.90. The fourth-order valence-corrected chi connectivity index (χ4v) is 2.28. The summed E-state index contributed by atoms with van der Waals surface area (Å²) in [5.41, 5.74) is -0.953. The minimum Gasteiger partial charge on any atom is -0.387 e. The van der Waals surface area contributed by atoms with Crippen LogP contribution in [0.2, 0.25) is 0 Å². The molecule has 0 saturated heterocycles. The van der Waals surface area contributed by atoms with E-state index in [1.807, 2.05) is 0 Å². The topological polar surface area (TPSA) is 65.1 Å². The first kappa shape index (κ1) is 16.6. The molecule has 22 heavy (non-hydrogen) atoms. The lowest BCUT2D eigenvalue weighted by atomic mass is 10.0. The fraction of sp³-hybridized carbons (Fsp3) is 0.214. The van der Waals surface area contributed by atoms with Gasteiger partial charge in [0.05, 0.1) is 11.7 Å². The Kier molecular flexibility index (Phi) is 4.92. The zero-order valence-electron chi connectivity index (χ0n) is 11.1. The van der Waals surface area contributed by atoms with Crippen molar-refractivity contribution in [2.75, 3.05) is 6.54 Å². The number of carbonyl (C=O) groups excluding carboxylic acids is 1. The molecular weight excluding hydrogens is 365 g/mol. The van der Waals surface area contributed by atoms with Crippen molar-refractivity contribution in [2.24, 2.45) is 0 Å². The molecule has 1 amide bonds. The molecule has 0 aliphatic rings. The Labute approximate surface area is 132 Å². The van der Waals surface area contributed by atoms with Gasteiger partial charge >= 0.3 is 6.18 Å². The number of rotatable bonds is 4. The summed E-state index contributed by atoms with van der Waals surface area (Å²) >= 11 is 3.16. The predicted molar refractivity (Wildman–Crippen MR) is 77.2 cm³/mol. The van der Waals surface area contributed by atoms with E-state index in [0.717, 1.165) is 6.07 Å². The summed E-state index contributed by atoms with van der Waals surface area (Å²) < 4.78 is 39.3. The number of aromatic amines is 1. The standard InChI is InChI=1S/C14H12BrF3N2O2/c15-8-5-11(19-6-8)13(22)20-7-12(21)9-3-1-2-4-10(9)14(16,17)18/h1-6,12,19,21H,7H2,(H,20,22). The molecule has 0 aliphatic heterocycles. The van der Waals surface area contributed by atoms with E-state index in [1.54, 1.807) is 6.20 Å². The van der Waals surface area contributed by atoms with Gasteiger partial charge in [-0.1, -0.05) is 18.2 Å². The maximum atomic E-state index is 12.9. The Morgan fingerprint density at radius 2 is 2.05 bits per heavy atom. The smallest absolute Gasteiger partial charge is 0.387 e. The Bertz CT molecular complexity index is 670. The third-order valence-electron chi connectivity index (χ3n) is 2.97. The molecule has 0 radical (unpaired) electrons. The van der Waals surface area contributed by atoms with E-state index < -0.39 is 23.8 Å². The van der Waals surface area contributed by atoms with Crippen molar-refractivity contribution in [2.45, 2.75) is 12.3 Å². The molecule has 0 saturated carbocycles. The van der Waals surface area contributed by atoms with Crippen LogP contribution in [0, 0.1) is 0 Å². The molecule has 2 rings (SSSR count). The number of hydrogen-bond acceptors (Lipinski definition) is 2. The number of alkyl halides is 3. The van der Waals surface area contributed by atoms with Gasteiger partial charge in [-0.05, 0) is 33.6 Å². The Balaban J connectivity index is 2.07. The minimum absolute atomic E-state index is 0.239. The van der Waals surface area contributed by atoms with Gasteiger partial charge in [0.1, 0.15) is 5.69 Å². The van der Waals surface area contributed by atoms with Gasteiger partial charge in [-0.3, -0.25) is 4.79 Å². The highest BCUT2D eigenvalue weighted by atomic mass is 79.9. The van der Waals surface area contributed by atoms with Crippen LogP contribution in [-0.2, 0) is 6.18 Å². The number of halogens is 4. The third kappa shape index (κ3) is 3.89. The molecule has 0 bridgehead atoms. The summed E-state index contributed by atoms with van der Waals surface area (Å²) in [7, 11) is 0. The van der Waals surface area contributed by atoms with E-state index in [-0.39, 0.29) is 17.8 Å². The third-order valence-corrected chi connectivity index (χ3v) is 3.43. The highest BCUT2D eigenvalue weighted by Gasteiger charge is 2.34. The number of aliphatic hydroxyl groups excluding tert-OH is 1. The molecule has 4 nitrogen and oxygen atoms in total. The minimum atomic E-state index is -4.56. The summed E-state index contributed by atoms with van der Waals surface area (Å²) in [6.07, 6.45) is -4.48. The SMILES string of the molecule is O=C(NCC(O)c1ccccc1C(F)(F)F)c1cc(Br)c[nH]1. The van der Waals surface area contributed by atoms with Crippen LogP contribution >= 0.6 is 15.9 Å². The largest absolute Gasteiger partial charge is 0.416 e. The van der Waals surface area contributed by atoms with E-state index in [0.29, 0.717) is 4.47 Å². The highest BCUT2D eigenvalue weighted by Crippen LogP contribution is 2.34. The van der Waals surface area contributed by atoms with Crippen LogP contribution in [-0.4, -0.2) is 22.5 Å². The van der Waals surface area contributed by atoms with Crippen LogP contribution in [0.25, 0.3) is 0 Å². The van der Waals surface area contributed by atoms with Gasteiger partial charge in [0.25, 0.3) is 5.91 Å². The van der Waals surface area contributed by atoms with Crippen LogP contribution in [0.4, 0.5) is 13.2 Å². The zero-order chi connectivity index (χ0) is 16.3. The van der Waals surface area contributed by atoms with Crippen molar-refractivity contribution in [3.63, 3.8) is 0 Å². The molecule has 3 N–H and O–H groups in total. The van der Waals surface area contributed by atoms with Crippen molar-refractivity contribution in [3.05, 3.63) is 57.8 Å². The molecule has 0 fully saturated rings. The van der Waals surface area contributed by atoms with Gasteiger partial charge < -0.3 is 15.4 Å². The molecule has 8 heteroatoms. The predicted octanol–water partition coefficient (Wildman–Crippen LogP) is 3.26. The average molecular weight is 377 g/mol. The van der Waals surface area contributed by atoms with Gasteiger partial charge in [-0.15, -0.1) is 0 Å². The molecular formula is C14H12BrF3N2O2. The number of nitrogens with one attached hydrogen (secondary N) is 2. The van der Waals surface area contributed by atoms with Crippen molar-refractivity contribution in [3.8, 4) is 0 Å². The molecule has 1 atom stereocenters. The number of H-pyrrole nitrogens is 1. The van der Waals surface area contributed by atoms with Crippen molar-refractivity contribution >= 4 is 21.8 Å². The van der Waals surface area contributed by atoms with Crippen LogP contribution in [0.3, 0.4) is 0 Å². The Hall–Kier alpha value is -1.80. The Morgan fingerprint density at radius 3 is 2.64 bits per heavy atom. The lowest BCUT2D eigenvalue weighted by Gasteiger charge is -2.17. The lowest BCUT2D eigenvalue weighted by molar-refractivity contribution is -0.139. The van der Waals surface area contributed by atoms with Crippen molar-refractivity contribution in [1.82, 2.24) is 10.3 Å². The maximum absolute atomic E-state index is 12.9. The second-order valence-electron chi connectivity index (χ2n) is 4.54. The van der Waals surface area contributed by atoms with E-state index in [4.69, 9.17) is 0 Å². The second kappa shape index (κ2) is 6.53. The molecule has 2 aromatic rings. The maximum Gasteiger partial charge on any atom is 0.416 e. The summed E-state index contributed by atoms with van der Waals surface area (Å²) in [6, 6.07) is 6.24. The van der Waals surface area contributed by atoms with Crippen LogP contribution in [0.5, 0.6) is 0 Å². The van der Waals surface area contributed by atoms with E-state index in [9.17, 15) is 23.1 Å². The summed E-state index contributed by atoms with van der Waals surface area (Å²) in [4.78, 5) is 14.5. The van der Waals surface area contributed by atoms with Gasteiger partial charge in [0.2, 0.25) is 0 Å². The van der Waals surface area contributed by atoms with Gasteiger partial charge in [-0.25, -0.2) is 0 Å². The quantitative estimate of drug-likeness (QED) is 0.766. The monoisotopic (exact) mass is 376 g/mol. The first-order valence-corrected chi connectivity index (χ1v) is 7.04. The molecule has 118 valence electrons. The van der Waals surface area contributed by atoms with Crippen LogP contribution < -0.4 is 5.32 Å². The molecule has 1 heterocycles. The Morgan fingerprint density at radius 1 is 1.36 bits per heavy atom. The number of hydrogen-bond donors (Lipinski definition) is 3. The van der Waals surface area contributed by atoms with E-state index in [1.165, 1.54) is 24.3 Å². The molecule has 1 aromatic carbocycles. The molecule has 0 spiro atoms. The van der Waals surface area contributed by atoms with Crippen molar-refractivity contribution in [1.29, 1.82) is 0 Å².